The number of halogens is 2. The summed E-state index contributed by atoms with van der Waals surface area (Å²) in [6.07, 6.45) is 0. The summed E-state index contributed by atoms with van der Waals surface area (Å²) in [5.41, 5.74) is 0.775. The molecule has 1 aliphatic rings. The van der Waals surface area contributed by atoms with Gasteiger partial charge in [-0.1, -0.05) is 0 Å². The van der Waals surface area contributed by atoms with Crippen LogP contribution >= 0.6 is 0 Å². The summed E-state index contributed by atoms with van der Waals surface area (Å²) in [4.78, 5) is 0. The number of alkyl halides is 2. The molecule has 1 rings (SSSR count). The zero-order chi connectivity index (χ0) is 7.94. The zero-order valence-electron chi connectivity index (χ0n) is 6.33. The van der Waals surface area contributed by atoms with E-state index in [1.807, 2.05) is 0 Å². The third-order valence-electron chi connectivity index (χ3n) is 2.04. The van der Waals surface area contributed by atoms with Crippen molar-refractivity contribution in [2.24, 2.45) is 0 Å². The molecule has 0 spiro atoms. The molecule has 1 unspecified atom stereocenters. The first-order valence-electron chi connectivity index (χ1n) is 3.28. The average molecular weight is 147 g/mol. The van der Waals surface area contributed by atoms with Crippen molar-refractivity contribution in [1.82, 2.24) is 5.32 Å². The Morgan fingerprint density at radius 2 is 1.90 bits per heavy atom. The van der Waals surface area contributed by atoms with Crippen LogP contribution in [0.4, 0.5) is 8.78 Å². The Balaban J connectivity index is 2.94. The Hall–Kier alpha value is -0.600. The summed E-state index contributed by atoms with van der Waals surface area (Å²) in [6, 6.07) is -0.743. The Labute approximate surface area is 59.1 Å². The summed E-state index contributed by atoms with van der Waals surface area (Å²) in [7, 11) is 0. The highest BCUT2D eigenvalue weighted by Crippen LogP contribution is 2.34. The van der Waals surface area contributed by atoms with Crippen LogP contribution in [-0.4, -0.2) is 12.0 Å². The van der Waals surface area contributed by atoms with E-state index in [4.69, 9.17) is 0 Å². The molecule has 1 atom stereocenters. The van der Waals surface area contributed by atoms with Gasteiger partial charge in [0.25, 0.3) is 5.92 Å². The largest absolute Gasteiger partial charge is 0.380 e. The van der Waals surface area contributed by atoms with Gasteiger partial charge in [-0.2, -0.15) is 8.78 Å². The van der Waals surface area contributed by atoms with Gasteiger partial charge in [-0.3, -0.25) is 0 Å². The minimum atomic E-state index is -2.65. The van der Waals surface area contributed by atoms with Gasteiger partial charge in [-0.05, 0) is 20.8 Å². The molecule has 0 amide bonds. The van der Waals surface area contributed by atoms with Crippen LogP contribution in [0, 0.1) is 0 Å². The van der Waals surface area contributed by atoms with Gasteiger partial charge in [0.2, 0.25) is 0 Å². The topological polar surface area (TPSA) is 12.0 Å². The fraction of sp³-hybridized carbons (Fsp3) is 0.714. The summed E-state index contributed by atoms with van der Waals surface area (Å²) in [5, 5.41) is 2.69. The van der Waals surface area contributed by atoms with E-state index < -0.39 is 12.0 Å². The SMILES string of the molecule is CC1=C(C)C(F)(F)C(C)N1. The zero-order valence-corrected chi connectivity index (χ0v) is 6.33. The van der Waals surface area contributed by atoms with Crippen LogP contribution in [0.15, 0.2) is 11.3 Å². The quantitative estimate of drug-likeness (QED) is 0.551. The van der Waals surface area contributed by atoms with Crippen LogP contribution in [0.1, 0.15) is 20.8 Å². The fourth-order valence-electron chi connectivity index (χ4n) is 1.10. The van der Waals surface area contributed by atoms with Gasteiger partial charge in [0.05, 0.1) is 6.04 Å². The highest BCUT2D eigenvalue weighted by molar-refractivity contribution is 5.26. The van der Waals surface area contributed by atoms with E-state index in [-0.39, 0.29) is 5.57 Å². The smallest absolute Gasteiger partial charge is 0.290 e. The lowest BCUT2D eigenvalue weighted by molar-refractivity contribution is 0.0233. The Morgan fingerprint density at radius 1 is 1.40 bits per heavy atom. The second-order valence-corrected chi connectivity index (χ2v) is 2.74. The maximum atomic E-state index is 12.9. The molecule has 0 saturated heterocycles. The van der Waals surface area contributed by atoms with Crippen molar-refractivity contribution in [3.63, 3.8) is 0 Å². The van der Waals surface area contributed by atoms with Gasteiger partial charge in [-0.15, -0.1) is 0 Å². The van der Waals surface area contributed by atoms with E-state index in [2.05, 4.69) is 5.32 Å². The van der Waals surface area contributed by atoms with Gasteiger partial charge in [0, 0.05) is 11.3 Å². The minimum absolute atomic E-state index is 0.167. The van der Waals surface area contributed by atoms with E-state index in [1.54, 1.807) is 6.92 Å². The van der Waals surface area contributed by atoms with Crippen molar-refractivity contribution in [2.45, 2.75) is 32.7 Å². The first-order chi connectivity index (χ1) is 4.46. The lowest BCUT2D eigenvalue weighted by atomic mass is 10.1. The van der Waals surface area contributed by atoms with E-state index in [9.17, 15) is 8.78 Å². The fourth-order valence-corrected chi connectivity index (χ4v) is 1.10. The molecular formula is C7H11F2N. The molecule has 0 aliphatic carbocycles. The van der Waals surface area contributed by atoms with Crippen molar-refractivity contribution in [3.05, 3.63) is 11.3 Å². The summed E-state index contributed by atoms with van der Waals surface area (Å²) >= 11 is 0. The first kappa shape index (κ1) is 7.51. The number of rotatable bonds is 0. The molecule has 0 aromatic heterocycles. The van der Waals surface area contributed by atoms with Crippen molar-refractivity contribution < 1.29 is 8.78 Å². The van der Waals surface area contributed by atoms with Crippen molar-refractivity contribution >= 4 is 0 Å². The number of hydrogen-bond acceptors (Lipinski definition) is 1. The highest BCUT2D eigenvalue weighted by atomic mass is 19.3. The molecule has 0 radical (unpaired) electrons. The molecule has 10 heavy (non-hydrogen) atoms. The van der Waals surface area contributed by atoms with Gasteiger partial charge in [0.15, 0.2) is 0 Å². The van der Waals surface area contributed by atoms with Gasteiger partial charge < -0.3 is 5.32 Å². The van der Waals surface area contributed by atoms with Gasteiger partial charge >= 0.3 is 0 Å². The van der Waals surface area contributed by atoms with E-state index in [1.165, 1.54) is 13.8 Å². The predicted octanol–water partition coefficient (Wildman–Crippen LogP) is 1.91. The summed E-state index contributed by atoms with van der Waals surface area (Å²) < 4.78 is 25.7. The van der Waals surface area contributed by atoms with Crippen molar-refractivity contribution in [2.75, 3.05) is 0 Å². The van der Waals surface area contributed by atoms with E-state index >= 15 is 0 Å². The monoisotopic (exact) mass is 147 g/mol. The molecule has 1 aliphatic heterocycles. The predicted molar refractivity (Wildman–Crippen MR) is 35.9 cm³/mol. The molecular weight excluding hydrogens is 136 g/mol. The normalized spacial score (nSPS) is 30.7. The van der Waals surface area contributed by atoms with Crippen LogP contribution in [0.25, 0.3) is 0 Å². The summed E-state index contributed by atoms with van der Waals surface area (Å²) in [5.74, 6) is -2.65. The molecule has 0 fully saturated rings. The standard InChI is InChI=1S/C7H11F2N/c1-4-5(2)10-6(3)7(4,8)9/h6,10H,1-3H3. The molecule has 0 bridgehead atoms. The van der Waals surface area contributed by atoms with Crippen molar-refractivity contribution in [3.8, 4) is 0 Å². The van der Waals surface area contributed by atoms with Crippen LogP contribution in [0.5, 0.6) is 0 Å². The first-order valence-corrected chi connectivity index (χ1v) is 3.28. The van der Waals surface area contributed by atoms with Gasteiger partial charge in [-0.25, -0.2) is 0 Å². The van der Waals surface area contributed by atoms with Crippen LogP contribution < -0.4 is 5.32 Å². The molecule has 3 heteroatoms. The second kappa shape index (κ2) is 1.94. The second-order valence-electron chi connectivity index (χ2n) is 2.74. The maximum absolute atomic E-state index is 12.9. The third-order valence-corrected chi connectivity index (χ3v) is 2.04. The minimum Gasteiger partial charge on any atom is -0.380 e. The molecule has 58 valence electrons. The van der Waals surface area contributed by atoms with Gasteiger partial charge in [0.1, 0.15) is 0 Å². The van der Waals surface area contributed by atoms with Crippen LogP contribution in [0.2, 0.25) is 0 Å². The van der Waals surface area contributed by atoms with Crippen LogP contribution in [-0.2, 0) is 0 Å². The van der Waals surface area contributed by atoms with E-state index in [0.717, 1.165) is 0 Å². The average Bonchev–Trinajstić information content (AvgIpc) is 1.97. The number of nitrogens with one attached hydrogen (secondary N) is 1. The summed E-state index contributed by atoms with van der Waals surface area (Å²) in [6.45, 7) is 4.62. The molecule has 1 heterocycles. The maximum Gasteiger partial charge on any atom is 0.290 e. The highest BCUT2D eigenvalue weighted by Gasteiger charge is 2.44. The molecule has 0 saturated carbocycles. The third kappa shape index (κ3) is 0.805. The Kier molecular flexibility index (Phi) is 1.46. The number of hydrogen-bond donors (Lipinski definition) is 1. The van der Waals surface area contributed by atoms with E-state index in [0.29, 0.717) is 5.70 Å². The Bertz CT molecular complexity index is 184. The lowest BCUT2D eigenvalue weighted by Gasteiger charge is -2.15. The molecule has 0 aromatic carbocycles. The number of allylic oxidation sites excluding steroid dienone is 1. The van der Waals surface area contributed by atoms with Crippen molar-refractivity contribution in [1.29, 1.82) is 0 Å². The lowest BCUT2D eigenvalue weighted by Crippen LogP contribution is -2.34. The van der Waals surface area contributed by atoms with Crippen LogP contribution in [0.3, 0.4) is 0 Å². The molecule has 1 nitrogen and oxygen atoms in total. The molecule has 0 aromatic rings. The Morgan fingerprint density at radius 3 is 2.00 bits per heavy atom. The molecule has 1 N–H and O–H groups in total.